The summed E-state index contributed by atoms with van der Waals surface area (Å²) in [6.07, 6.45) is 0.0932. The lowest BCUT2D eigenvalue weighted by molar-refractivity contribution is 0.151. The van der Waals surface area contributed by atoms with Crippen LogP contribution in [0.3, 0.4) is 0 Å². The molecule has 0 aliphatic rings. The molecule has 0 bridgehead atoms. The van der Waals surface area contributed by atoms with Crippen LogP contribution in [-0.4, -0.2) is 17.3 Å². The molecular formula is C10H14ClNO. The summed E-state index contributed by atoms with van der Waals surface area (Å²) < 4.78 is 0. The van der Waals surface area contributed by atoms with Crippen LogP contribution in [0.1, 0.15) is 12.5 Å². The first-order chi connectivity index (χ1) is 6.09. The highest BCUT2D eigenvalue weighted by Gasteiger charge is 2.09. The standard InChI is InChI=1S/C10H14ClNO/c1-7(12)10(13)6-8-2-4-9(11)5-3-8/h2-5,7,10,13H,6,12H2,1H3. The molecular weight excluding hydrogens is 186 g/mol. The molecule has 2 nitrogen and oxygen atoms in total. The Labute approximate surface area is 83.3 Å². The van der Waals surface area contributed by atoms with Gasteiger partial charge in [0, 0.05) is 11.1 Å². The third-order valence-corrected chi connectivity index (χ3v) is 2.22. The van der Waals surface area contributed by atoms with Crippen LogP contribution in [0.15, 0.2) is 24.3 Å². The summed E-state index contributed by atoms with van der Waals surface area (Å²) in [7, 11) is 0. The van der Waals surface area contributed by atoms with E-state index in [0.717, 1.165) is 5.56 Å². The Morgan fingerprint density at radius 3 is 2.38 bits per heavy atom. The molecule has 2 atom stereocenters. The first-order valence-corrected chi connectivity index (χ1v) is 4.65. The number of aliphatic hydroxyl groups is 1. The van der Waals surface area contributed by atoms with E-state index in [9.17, 15) is 5.11 Å². The SMILES string of the molecule is CC(N)C(O)Cc1ccc(Cl)cc1. The fourth-order valence-electron chi connectivity index (χ4n) is 1.05. The van der Waals surface area contributed by atoms with Gasteiger partial charge in [0.15, 0.2) is 0 Å². The summed E-state index contributed by atoms with van der Waals surface area (Å²) >= 11 is 5.72. The fraction of sp³-hybridized carbons (Fsp3) is 0.400. The molecule has 0 spiro atoms. The van der Waals surface area contributed by atoms with E-state index >= 15 is 0 Å². The Kier molecular flexibility index (Phi) is 3.72. The number of hydrogen-bond donors (Lipinski definition) is 2. The van der Waals surface area contributed by atoms with Crippen LogP contribution in [0.4, 0.5) is 0 Å². The van der Waals surface area contributed by atoms with Gasteiger partial charge >= 0.3 is 0 Å². The molecule has 0 fully saturated rings. The van der Waals surface area contributed by atoms with Crippen molar-refractivity contribution in [1.29, 1.82) is 0 Å². The van der Waals surface area contributed by atoms with E-state index in [1.165, 1.54) is 0 Å². The second kappa shape index (κ2) is 4.61. The minimum atomic E-state index is -0.485. The van der Waals surface area contributed by atoms with Gasteiger partial charge in [0.05, 0.1) is 6.10 Å². The van der Waals surface area contributed by atoms with Crippen LogP contribution in [0, 0.1) is 0 Å². The zero-order valence-electron chi connectivity index (χ0n) is 7.57. The van der Waals surface area contributed by atoms with Crippen molar-refractivity contribution in [3.63, 3.8) is 0 Å². The van der Waals surface area contributed by atoms with Crippen molar-refractivity contribution in [2.75, 3.05) is 0 Å². The van der Waals surface area contributed by atoms with E-state index in [-0.39, 0.29) is 6.04 Å². The molecule has 2 unspecified atom stereocenters. The third kappa shape index (κ3) is 3.35. The second-order valence-corrected chi connectivity index (χ2v) is 3.69. The van der Waals surface area contributed by atoms with Gasteiger partial charge in [-0.1, -0.05) is 23.7 Å². The summed E-state index contributed by atoms with van der Waals surface area (Å²) in [4.78, 5) is 0. The molecule has 72 valence electrons. The summed E-state index contributed by atoms with van der Waals surface area (Å²) in [5, 5.41) is 10.2. The molecule has 0 radical (unpaired) electrons. The van der Waals surface area contributed by atoms with Crippen LogP contribution >= 0.6 is 11.6 Å². The molecule has 1 aromatic rings. The number of rotatable bonds is 3. The first-order valence-electron chi connectivity index (χ1n) is 4.27. The topological polar surface area (TPSA) is 46.2 Å². The van der Waals surface area contributed by atoms with E-state index < -0.39 is 6.10 Å². The summed E-state index contributed by atoms with van der Waals surface area (Å²) in [5.41, 5.74) is 6.59. The van der Waals surface area contributed by atoms with Crippen LogP contribution in [0.2, 0.25) is 5.02 Å². The number of halogens is 1. The Morgan fingerprint density at radius 1 is 1.38 bits per heavy atom. The lowest BCUT2D eigenvalue weighted by Gasteiger charge is -2.13. The van der Waals surface area contributed by atoms with Gasteiger partial charge in [-0.15, -0.1) is 0 Å². The van der Waals surface area contributed by atoms with E-state index in [0.29, 0.717) is 11.4 Å². The molecule has 1 rings (SSSR count). The molecule has 0 amide bonds. The van der Waals surface area contributed by atoms with E-state index in [1.807, 2.05) is 24.3 Å². The highest BCUT2D eigenvalue weighted by molar-refractivity contribution is 6.30. The second-order valence-electron chi connectivity index (χ2n) is 3.26. The quantitative estimate of drug-likeness (QED) is 0.777. The molecule has 3 heteroatoms. The minimum absolute atomic E-state index is 0.198. The Morgan fingerprint density at radius 2 is 1.92 bits per heavy atom. The maximum Gasteiger partial charge on any atom is 0.0728 e. The van der Waals surface area contributed by atoms with Gasteiger partial charge in [-0.2, -0.15) is 0 Å². The van der Waals surface area contributed by atoms with Crippen LogP contribution in [-0.2, 0) is 6.42 Å². The molecule has 1 aromatic carbocycles. The van der Waals surface area contributed by atoms with Gasteiger partial charge < -0.3 is 10.8 Å². The maximum atomic E-state index is 9.49. The number of hydrogen-bond acceptors (Lipinski definition) is 2. The molecule has 0 aromatic heterocycles. The van der Waals surface area contributed by atoms with Gasteiger partial charge in [-0.3, -0.25) is 0 Å². The first kappa shape index (κ1) is 10.5. The van der Waals surface area contributed by atoms with Gasteiger partial charge in [0.1, 0.15) is 0 Å². The van der Waals surface area contributed by atoms with Crippen molar-refractivity contribution in [3.8, 4) is 0 Å². The van der Waals surface area contributed by atoms with E-state index in [4.69, 9.17) is 17.3 Å². The van der Waals surface area contributed by atoms with Crippen LogP contribution in [0.5, 0.6) is 0 Å². The van der Waals surface area contributed by atoms with Crippen LogP contribution in [0.25, 0.3) is 0 Å². The predicted molar refractivity (Wildman–Crippen MR) is 54.8 cm³/mol. The summed E-state index contributed by atoms with van der Waals surface area (Å²) in [6.45, 7) is 1.79. The van der Waals surface area contributed by atoms with Crippen molar-refractivity contribution in [3.05, 3.63) is 34.9 Å². The Balaban J connectivity index is 2.59. The average Bonchev–Trinajstić information content (AvgIpc) is 2.08. The Bertz CT molecular complexity index is 258. The van der Waals surface area contributed by atoms with Gasteiger partial charge in [-0.05, 0) is 31.0 Å². The summed E-state index contributed by atoms with van der Waals surface area (Å²) in [5.74, 6) is 0. The highest BCUT2D eigenvalue weighted by atomic mass is 35.5. The van der Waals surface area contributed by atoms with Gasteiger partial charge in [0.25, 0.3) is 0 Å². The lowest BCUT2D eigenvalue weighted by atomic mass is 10.0. The monoisotopic (exact) mass is 199 g/mol. The van der Waals surface area contributed by atoms with E-state index in [2.05, 4.69) is 0 Å². The number of aliphatic hydroxyl groups excluding tert-OH is 1. The third-order valence-electron chi connectivity index (χ3n) is 1.97. The largest absolute Gasteiger partial charge is 0.391 e. The van der Waals surface area contributed by atoms with Gasteiger partial charge in [-0.25, -0.2) is 0 Å². The van der Waals surface area contributed by atoms with Crippen molar-refractivity contribution in [2.45, 2.75) is 25.5 Å². The van der Waals surface area contributed by atoms with E-state index in [1.54, 1.807) is 6.92 Å². The fourth-order valence-corrected chi connectivity index (χ4v) is 1.17. The number of benzene rings is 1. The van der Waals surface area contributed by atoms with Crippen molar-refractivity contribution < 1.29 is 5.11 Å². The van der Waals surface area contributed by atoms with Crippen molar-refractivity contribution in [1.82, 2.24) is 0 Å². The van der Waals surface area contributed by atoms with Crippen molar-refractivity contribution >= 4 is 11.6 Å². The average molecular weight is 200 g/mol. The molecule has 0 aliphatic carbocycles. The van der Waals surface area contributed by atoms with Crippen LogP contribution < -0.4 is 5.73 Å². The maximum absolute atomic E-state index is 9.49. The zero-order valence-corrected chi connectivity index (χ0v) is 8.33. The number of nitrogens with two attached hydrogens (primary N) is 1. The molecule has 13 heavy (non-hydrogen) atoms. The molecule has 0 saturated carbocycles. The molecule has 0 heterocycles. The van der Waals surface area contributed by atoms with Crippen molar-refractivity contribution in [2.24, 2.45) is 5.73 Å². The predicted octanol–water partition coefficient (Wildman–Crippen LogP) is 1.59. The Hall–Kier alpha value is -0.570. The molecule has 3 N–H and O–H groups in total. The normalized spacial score (nSPS) is 15.4. The minimum Gasteiger partial charge on any atom is -0.391 e. The summed E-state index contributed by atoms with van der Waals surface area (Å²) in [6, 6.07) is 7.22. The smallest absolute Gasteiger partial charge is 0.0728 e. The molecule has 0 aliphatic heterocycles. The lowest BCUT2D eigenvalue weighted by Crippen LogP contribution is -2.32. The molecule has 0 saturated heterocycles. The van der Waals surface area contributed by atoms with Gasteiger partial charge in [0.2, 0.25) is 0 Å². The zero-order chi connectivity index (χ0) is 9.84. The highest BCUT2D eigenvalue weighted by Crippen LogP contribution is 2.11.